The van der Waals surface area contributed by atoms with E-state index in [0.717, 1.165) is 18.4 Å². The maximum absolute atomic E-state index is 12.5. The fourth-order valence-corrected chi connectivity index (χ4v) is 4.56. The van der Waals surface area contributed by atoms with Crippen molar-refractivity contribution in [3.63, 3.8) is 0 Å². The minimum Gasteiger partial charge on any atom is -0.484 e. The van der Waals surface area contributed by atoms with Crippen LogP contribution >= 0.6 is 11.6 Å². The van der Waals surface area contributed by atoms with Gasteiger partial charge in [-0.1, -0.05) is 17.7 Å². The molecule has 1 heterocycles. The summed E-state index contributed by atoms with van der Waals surface area (Å²) in [6.07, 6.45) is 1.78. The molecule has 0 spiro atoms. The number of sulfonamides is 1. The van der Waals surface area contributed by atoms with Gasteiger partial charge in [0.25, 0.3) is 5.91 Å². The third-order valence-corrected chi connectivity index (χ3v) is 6.76. The highest BCUT2D eigenvalue weighted by atomic mass is 35.5. The highest BCUT2D eigenvalue weighted by molar-refractivity contribution is 7.89. The number of ether oxygens (including phenoxy) is 1. The Hall–Kier alpha value is -2.09. The van der Waals surface area contributed by atoms with Crippen molar-refractivity contribution in [2.45, 2.75) is 24.7 Å². The van der Waals surface area contributed by atoms with Gasteiger partial charge in [0.15, 0.2) is 6.61 Å². The van der Waals surface area contributed by atoms with Crippen molar-refractivity contribution in [2.75, 3.05) is 25.0 Å². The number of nitrogens with zero attached hydrogens (tertiary/aromatic N) is 1. The highest BCUT2D eigenvalue weighted by Gasteiger charge is 2.26. The van der Waals surface area contributed by atoms with Crippen LogP contribution in [0, 0.1) is 6.92 Å². The lowest BCUT2D eigenvalue weighted by molar-refractivity contribution is -0.118. The minimum atomic E-state index is -3.45. The zero-order valence-electron chi connectivity index (χ0n) is 14.9. The van der Waals surface area contributed by atoms with Crippen LogP contribution in [0.1, 0.15) is 18.4 Å². The van der Waals surface area contributed by atoms with Gasteiger partial charge >= 0.3 is 0 Å². The van der Waals surface area contributed by atoms with E-state index in [-0.39, 0.29) is 17.4 Å². The summed E-state index contributed by atoms with van der Waals surface area (Å²) in [6, 6.07) is 11.4. The summed E-state index contributed by atoms with van der Waals surface area (Å²) in [4.78, 5) is 12.3. The Kier molecular flexibility index (Phi) is 6.04. The van der Waals surface area contributed by atoms with E-state index in [1.54, 1.807) is 30.3 Å². The number of carbonyl (C=O) groups excluding carboxylic acids is 1. The van der Waals surface area contributed by atoms with Crippen LogP contribution in [0.15, 0.2) is 47.4 Å². The molecule has 27 heavy (non-hydrogen) atoms. The lowest BCUT2D eigenvalue weighted by Crippen LogP contribution is -2.27. The largest absolute Gasteiger partial charge is 0.484 e. The molecule has 0 saturated carbocycles. The molecule has 1 aliphatic rings. The molecule has 8 heteroatoms. The number of carbonyl (C=O) groups is 1. The molecule has 6 nitrogen and oxygen atoms in total. The van der Waals surface area contributed by atoms with E-state index in [4.69, 9.17) is 16.3 Å². The number of anilines is 1. The van der Waals surface area contributed by atoms with Gasteiger partial charge in [0, 0.05) is 23.8 Å². The van der Waals surface area contributed by atoms with Crippen molar-refractivity contribution >= 4 is 33.2 Å². The Morgan fingerprint density at radius 1 is 1.15 bits per heavy atom. The summed E-state index contributed by atoms with van der Waals surface area (Å²) in [5, 5.41) is 3.32. The first-order valence-corrected chi connectivity index (χ1v) is 10.5. The van der Waals surface area contributed by atoms with Crippen molar-refractivity contribution in [3.05, 3.63) is 53.1 Å². The van der Waals surface area contributed by atoms with Crippen molar-refractivity contribution in [1.29, 1.82) is 0 Å². The third kappa shape index (κ3) is 4.61. The molecular weight excluding hydrogens is 388 g/mol. The fourth-order valence-electron chi connectivity index (χ4n) is 2.86. The molecule has 0 aromatic heterocycles. The summed E-state index contributed by atoms with van der Waals surface area (Å²) >= 11 is 6.03. The van der Waals surface area contributed by atoms with Crippen LogP contribution in [0.25, 0.3) is 0 Å². The Bertz CT molecular complexity index is 923. The van der Waals surface area contributed by atoms with E-state index >= 15 is 0 Å². The lowest BCUT2D eigenvalue weighted by Gasteiger charge is -2.15. The zero-order chi connectivity index (χ0) is 19.4. The predicted octanol–water partition coefficient (Wildman–Crippen LogP) is 3.45. The normalized spacial score (nSPS) is 14.9. The summed E-state index contributed by atoms with van der Waals surface area (Å²) in [5.41, 5.74) is 1.41. The highest BCUT2D eigenvalue weighted by Crippen LogP contribution is 2.24. The lowest BCUT2D eigenvalue weighted by atomic mass is 10.2. The van der Waals surface area contributed by atoms with E-state index in [1.807, 2.05) is 6.92 Å². The summed E-state index contributed by atoms with van der Waals surface area (Å²) in [7, 11) is -3.45. The van der Waals surface area contributed by atoms with Crippen LogP contribution in [0.3, 0.4) is 0 Å². The zero-order valence-corrected chi connectivity index (χ0v) is 16.5. The quantitative estimate of drug-likeness (QED) is 0.794. The van der Waals surface area contributed by atoms with Crippen LogP contribution < -0.4 is 10.1 Å². The molecule has 2 aromatic rings. The molecule has 0 bridgehead atoms. The number of benzene rings is 2. The molecule has 1 fully saturated rings. The second-order valence-corrected chi connectivity index (χ2v) is 8.68. The minimum absolute atomic E-state index is 0.190. The standard InChI is InChI=1S/C19H21ClN2O4S/c1-14-17(20)5-4-6-18(14)21-19(23)13-26-15-7-9-16(10-8-15)27(24,25)22-11-2-3-12-22/h4-10H,2-3,11-13H2,1H3,(H,21,23). The first kappa shape index (κ1) is 19.7. The SMILES string of the molecule is Cc1c(Cl)cccc1NC(=O)COc1ccc(S(=O)(=O)N2CCCC2)cc1. The molecule has 1 aliphatic heterocycles. The topological polar surface area (TPSA) is 75.7 Å². The predicted molar refractivity (Wildman–Crippen MR) is 105 cm³/mol. The second kappa shape index (κ2) is 8.29. The molecule has 3 rings (SSSR count). The maximum atomic E-state index is 12.5. The van der Waals surface area contributed by atoms with Gasteiger partial charge in [0.2, 0.25) is 10.0 Å². The molecule has 0 unspecified atom stereocenters. The molecule has 2 aromatic carbocycles. The van der Waals surface area contributed by atoms with Gasteiger partial charge in [-0.05, 0) is 61.7 Å². The number of rotatable bonds is 6. The summed E-state index contributed by atoms with van der Waals surface area (Å²) in [5.74, 6) is 0.0995. The second-order valence-electron chi connectivity index (χ2n) is 6.33. The van der Waals surface area contributed by atoms with Crippen molar-refractivity contribution in [2.24, 2.45) is 0 Å². The molecule has 0 aliphatic carbocycles. The fraction of sp³-hybridized carbons (Fsp3) is 0.316. The van der Waals surface area contributed by atoms with E-state index in [1.165, 1.54) is 16.4 Å². The average molecular weight is 409 g/mol. The van der Waals surface area contributed by atoms with Gasteiger partial charge in [0.1, 0.15) is 5.75 Å². The maximum Gasteiger partial charge on any atom is 0.262 e. The Morgan fingerprint density at radius 2 is 1.81 bits per heavy atom. The van der Waals surface area contributed by atoms with Gasteiger partial charge < -0.3 is 10.1 Å². The first-order valence-electron chi connectivity index (χ1n) is 8.66. The number of hydrogen-bond donors (Lipinski definition) is 1. The molecule has 1 saturated heterocycles. The van der Waals surface area contributed by atoms with Gasteiger partial charge in [-0.15, -0.1) is 0 Å². The monoisotopic (exact) mass is 408 g/mol. The van der Waals surface area contributed by atoms with Crippen molar-refractivity contribution < 1.29 is 17.9 Å². The average Bonchev–Trinajstić information content (AvgIpc) is 3.20. The van der Waals surface area contributed by atoms with Crippen molar-refractivity contribution in [1.82, 2.24) is 4.31 Å². The number of halogens is 1. The van der Waals surface area contributed by atoms with Crippen LogP contribution in [0.5, 0.6) is 5.75 Å². The van der Waals surface area contributed by atoms with Crippen LogP contribution in [0.4, 0.5) is 5.69 Å². The Labute approximate surface area is 164 Å². The van der Waals surface area contributed by atoms with Gasteiger partial charge in [0.05, 0.1) is 4.90 Å². The van der Waals surface area contributed by atoms with E-state index in [0.29, 0.717) is 29.5 Å². The van der Waals surface area contributed by atoms with Gasteiger partial charge in [-0.25, -0.2) is 8.42 Å². The van der Waals surface area contributed by atoms with E-state index < -0.39 is 10.0 Å². The van der Waals surface area contributed by atoms with Gasteiger partial charge in [-0.3, -0.25) is 4.79 Å². The molecular formula is C19H21ClN2O4S. The van der Waals surface area contributed by atoms with Crippen molar-refractivity contribution in [3.8, 4) is 5.75 Å². The number of amides is 1. The molecule has 0 radical (unpaired) electrons. The smallest absolute Gasteiger partial charge is 0.262 e. The summed E-state index contributed by atoms with van der Waals surface area (Å²) in [6.45, 7) is 2.75. The summed E-state index contributed by atoms with van der Waals surface area (Å²) < 4.78 is 31.9. The van der Waals surface area contributed by atoms with E-state index in [2.05, 4.69) is 5.32 Å². The van der Waals surface area contributed by atoms with Crippen LogP contribution in [-0.4, -0.2) is 38.3 Å². The Morgan fingerprint density at radius 3 is 2.48 bits per heavy atom. The molecule has 1 amide bonds. The van der Waals surface area contributed by atoms with E-state index in [9.17, 15) is 13.2 Å². The third-order valence-electron chi connectivity index (χ3n) is 4.44. The molecule has 1 N–H and O–H groups in total. The number of hydrogen-bond acceptors (Lipinski definition) is 4. The van der Waals surface area contributed by atoms with Crippen LogP contribution in [-0.2, 0) is 14.8 Å². The first-order chi connectivity index (χ1) is 12.9. The molecule has 144 valence electrons. The Balaban J connectivity index is 1.58. The molecule has 0 atom stereocenters. The van der Waals surface area contributed by atoms with Gasteiger partial charge in [-0.2, -0.15) is 4.31 Å². The van der Waals surface area contributed by atoms with Crippen LogP contribution in [0.2, 0.25) is 5.02 Å². The number of nitrogens with one attached hydrogen (secondary N) is 1.